The van der Waals surface area contributed by atoms with E-state index in [1.807, 2.05) is 18.2 Å². The third-order valence-corrected chi connectivity index (χ3v) is 11.5. The standard InChI is InChI=1S/C47H37N3/c1-45(2,3)30-20-23-34-35-24-21-31-27-41(35)47(40(34)26-30)38-18-12-9-15-32(38)33-22-19-29(25-39(33)47)43-48-42(28-13-7-6-8-14-28)49-44(50-43)36-16-10-11-17-37(36)46(31,4)5/h6-27H,1-5H3. The van der Waals surface area contributed by atoms with Gasteiger partial charge in [-0.25, -0.2) is 15.0 Å². The van der Waals surface area contributed by atoms with Gasteiger partial charge in [-0.05, 0) is 72.7 Å². The van der Waals surface area contributed by atoms with Crippen molar-refractivity contribution in [3.05, 3.63) is 172 Å². The van der Waals surface area contributed by atoms with Crippen LogP contribution in [-0.4, -0.2) is 15.0 Å². The van der Waals surface area contributed by atoms with E-state index in [4.69, 9.17) is 15.0 Å². The molecule has 0 saturated heterocycles. The summed E-state index contributed by atoms with van der Waals surface area (Å²) in [6.07, 6.45) is 0. The van der Waals surface area contributed by atoms with Gasteiger partial charge in [0.1, 0.15) is 0 Å². The number of hydrogen-bond acceptors (Lipinski definition) is 3. The molecule has 50 heavy (non-hydrogen) atoms. The van der Waals surface area contributed by atoms with Crippen LogP contribution in [0.4, 0.5) is 0 Å². The highest BCUT2D eigenvalue weighted by Gasteiger charge is 2.52. The second kappa shape index (κ2) is 9.95. The van der Waals surface area contributed by atoms with Crippen LogP contribution in [0.15, 0.2) is 133 Å². The molecule has 0 fully saturated rings. The maximum atomic E-state index is 5.29. The van der Waals surface area contributed by atoms with Gasteiger partial charge in [-0.1, -0.05) is 162 Å². The molecule has 3 aliphatic rings. The van der Waals surface area contributed by atoms with Crippen LogP contribution in [0.25, 0.3) is 56.4 Å². The SMILES string of the molecule is CC(C)(C)c1ccc2c(c1)C13c4ccccc4-c4ccc(cc41)-c1nc(-c4ccccc4)nc(n1)-c1ccccc1C(C)(C)c1ccc-2c3c1. The predicted octanol–water partition coefficient (Wildman–Crippen LogP) is 11.2. The van der Waals surface area contributed by atoms with Crippen molar-refractivity contribution < 1.29 is 0 Å². The van der Waals surface area contributed by atoms with Crippen molar-refractivity contribution in [1.29, 1.82) is 0 Å². The van der Waals surface area contributed by atoms with Crippen LogP contribution in [0.5, 0.6) is 0 Å². The van der Waals surface area contributed by atoms with Crippen LogP contribution >= 0.6 is 0 Å². The van der Waals surface area contributed by atoms with Gasteiger partial charge in [0.2, 0.25) is 0 Å². The Morgan fingerprint density at radius 2 is 0.960 bits per heavy atom. The molecule has 7 aromatic rings. The Morgan fingerprint density at radius 3 is 1.70 bits per heavy atom. The van der Waals surface area contributed by atoms with Gasteiger partial charge in [-0.15, -0.1) is 0 Å². The molecule has 6 bridgehead atoms. The summed E-state index contributed by atoms with van der Waals surface area (Å²) in [6.45, 7) is 11.6. The summed E-state index contributed by atoms with van der Waals surface area (Å²) in [6, 6.07) is 49.3. The average molecular weight is 644 g/mol. The molecule has 1 aliphatic heterocycles. The topological polar surface area (TPSA) is 38.7 Å². The number of hydrogen-bond donors (Lipinski definition) is 0. The predicted molar refractivity (Wildman–Crippen MR) is 203 cm³/mol. The van der Waals surface area contributed by atoms with Crippen molar-refractivity contribution in [1.82, 2.24) is 15.0 Å². The smallest absolute Gasteiger partial charge is 0.164 e. The van der Waals surface area contributed by atoms with Gasteiger partial charge in [0.25, 0.3) is 0 Å². The molecule has 0 saturated carbocycles. The van der Waals surface area contributed by atoms with E-state index >= 15 is 0 Å². The van der Waals surface area contributed by atoms with Gasteiger partial charge in [0.15, 0.2) is 17.5 Å². The van der Waals surface area contributed by atoms with E-state index in [9.17, 15) is 0 Å². The Labute approximate surface area is 293 Å². The summed E-state index contributed by atoms with van der Waals surface area (Å²) >= 11 is 0. The molecule has 3 heteroatoms. The summed E-state index contributed by atoms with van der Waals surface area (Å²) in [4.78, 5) is 15.6. The highest BCUT2D eigenvalue weighted by atomic mass is 15.0. The summed E-state index contributed by atoms with van der Waals surface area (Å²) in [5.74, 6) is 2.05. The number of nitrogens with zero attached hydrogens (tertiary/aromatic N) is 3. The lowest BCUT2D eigenvalue weighted by Gasteiger charge is -2.33. The molecule has 1 atom stereocenters. The number of aromatic nitrogens is 3. The van der Waals surface area contributed by atoms with Crippen molar-refractivity contribution in [3.63, 3.8) is 0 Å². The molecule has 10 rings (SSSR count). The first-order chi connectivity index (χ1) is 24.2. The van der Waals surface area contributed by atoms with Gasteiger partial charge >= 0.3 is 0 Å². The van der Waals surface area contributed by atoms with Crippen LogP contribution in [0.2, 0.25) is 0 Å². The Bertz CT molecular complexity index is 2550. The van der Waals surface area contributed by atoms with Gasteiger partial charge in [0.05, 0.1) is 5.41 Å². The van der Waals surface area contributed by atoms with Crippen molar-refractivity contribution in [2.75, 3.05) is 0 Å². The van der Waals surface area contributed by atoms with E-state index < -0.39 is 5.41 Å². The molecule has 2 heterocycles. The Morgan fingerprint density at radius 1 is 0.420 bits per heavy atom. The number of rotatable bonds is 1. The Balaban J connectivity index is 1.39. The fraction of sp³-hybridized carbons (Fsp3) is 0.170. The van der Waals surface area contributed by atoms with E-state index in [0.29, 0.717) is 17.5 Å². The first-order valence-electron chi connectivity index (χ1n) is 17.6. The molecular formula is C47H37N3. The fourth-order valence-electron chi connectivity index (χ4n) is 8.90. The molecule has 6 aromatic carbocycles. The highest BCUT2D eigenvalue weighted by molar-refractivity contribution is 5.96. The molecule has 240 valence electrons. The normalized spacial score (nSPS) is 17.1. The van der Waals surface area contributed by atoms with Gasteiger partial charge in [-0.3, -0.25) is 0 Å². The zero-order valence-corrected chi connectivity index (χ0v) is 29.0. The fourth-order valence-corrected chi connectivity index (χ4v) is 8.90. The summed E-state index contributed by atoms with van der Waals surface area (Å²) in [7, 11) is 0. The van der Waals surface area contributed by atoms with E-state index in [1.54, 1.807) is 0 Å². The zero-order valence-electron chi connectivity index (χ0n) is 29.0. The van der Waals surface area contributed by atoms with E-state index in [2.05, 4.69) is 150 Å². The molecule has 1 aromatic heterocycles. The Kier molecular flexibility index (Phi) is 5.82. The molecular weight excluding hydrogens is 607 g/mol. The summed E-state index contributed by atoms with van der Waals surface area (Å²) in [5, 5.41) is 0. The summed E-state index contributed by atoms with van der Waals surface area (Å²) < 4.78 is 0. The zero-order chi connectivity index (χ0) is 34.0. The second-order valence-corrected chi connectivity index (χ2v) is 15.7. The first-order valence-corrected chi connectivity index (χ1v) is 17.6. The molecule has 0 N–H and O–H groups in total. The Hall–Kier alpha value is -5.67. The van der Waals surface area contributed by atoms with Crippen LogP contribution in [-0.2, 0) is 16.2 Å². The van der Waals surface area contributed by atoms with Crippen molar-refractivity contribution in [2.45, 2.75) is 50.9 Å². The molecule has 1 unspecified atom stereocenters. The minimum Gasteiger partial charge on any atom is -0.208 e. The highest BCUT2D eigenvalue weighted by Crippen LogP contribution is 2.64. The van der Waals surface area contributed by atoms with E-state index in [0.717, 1.165) is 16.7 Å². The third kappa shape index (κ3) is 3.83. The largest absolute Gasteiger partial charge is 0.208 e. The maximum Gasteiger partial charge on any atom is 0.164 e. The minimum atomic E-state index is -0.494. The summed E-state index contributed by atoms with van der Waals surface area (Å²) in [5.41, 5.74) is 16.4. The van der Waals surface area contributed by atoms with Crippen molar-refractivity contribution >= 4 is 0 Å². The first kappa shape index (κ1) is 29.3. The van der Waals surface area contributed by atoms with E-state index in [-0.39, 0.29) is 10.8 Å². The molecule has 1 spiro atoms. The molecule has 2 aliphatic carbocycles. The molecule has 0 amide bonds. The van der Waals surface area contributed by atoms with E-state index in [1.165, 1.54) is 61.2 Å². The lowest BCUT2D eigenvalue weighted by atomic mass is 9.68. The monoisotopic (exact) mass is 643 g/mol. The van der Waals surface area contributed by atoms with Crippen molar-refractivity contribution in [2.24, 2.45) is 0 Å². The van der Waals surface area contributed by atoms with Gasteiger partial charge < -0.3 is 0 Å². The average Bonchev–Trinajstić information content (AvgIpc) is 3.60. The molecule has 3 nitrogen and oxygen atoms in total. The van der Waals surface area contributed by atoms with Crippen LogP contribution in [0.1, 0.15) is 73.6 Å². The quantitative estimate of drug-likeness (QED) is 0.179. The number of fused-ring (bicyclic) bond motifs is 11. The third-order valence-electron chi connectivity index (χ3n) is 11.5. The van der Waals surface area contributed by atoms with Crippen molar-refractivity contribution in [3.8, 4) is 56.4 Å². The maximum absolute atomic E-state index is 5.29. The lowest BCUT2D eigenvalue weighted by Crippen LogP contribution is -2.28. The van der Waals surface area contributed by atoms with Crippen LogP contribution in [0.3, 0.4) is 0 Å². The number of benzene rings is 6. The minimum absolute atomic E-state index is 0.00146. The van der Waals surface area contributed by atoms with Gasteiger partial charge in [-0.2, -0.15) is 0 Å². The van der Waals surface area contributed by atoms with Crippen LogP contribution < -0.4 is 0 Å². The second-order valence-electron chi connectivity index (χ2n) is 15.7. The van der Waals surface area contributed by atoms with Gasteiger partial charge in [0, 0.05) is 22.1 Å². The molecule has 0 radical (unpaired) electrons. The lowest BCUT2D eigenvalue weighted by molar-refractivity contribution is 0.588. The van der Waals surface area contributed by atoms with Crippen LogP contribution in [0, 0.1) is 0 Å².